The van der Waals surface area contributed by atoms with Crippen LogP contribution in [-0.2, 0) is 12.0 Å². The van der Waals surface area contributed by atoms with Gasteiger partial charge in [-0.15, -0.1) is 0 Å². The summed E-state index contributed by atoms with van der Waals surface area (Å²) in [5.41, 5.74) is 1.72. The zero-order valence-electron chi connectivity index (χ0n) is 9.38. The molecule has 0 radical (unpaired) electrons. The number of hydrogen-bond donors (Lipinski definition) is 1. The smallest absolute Gasteiger partial charge is 0.110 e. The lowest BCUT2D eigenvalue weighted by Crippen LogP contribution is -2.48. The Morgan fingerprint density at radius 3 is 3.13 bits per heavy atom. The summed E-state index contributed by atoms with van der Waals surface area (Å²) in [4.78, 5) is 0. The molecule has 1 aliphatic carbocycles. The van der Waals surface area contributed by atoms with Crippen LogP contribution in [0.25, 0.3) is 0 Å². The molecule has 1 aliphatic heterocycles. The van der Waals surface area contributed by atoms with Crippen LogP contribution >= 0.6 is 0 Å². The Morgan fingerprint density at radius 1 is 1.53 bits per heavy atom. The van der Waals surface area contributed by atoms with Gasteiger partial charge < -0.3 is 9.73 Å². The maximum Gasteiger partial charge on any atom is 0.110 e. The average molecular weight is 205 g/mol. The van der Waals surface area contributed by atoms with Gasteiger partial charge in [-0.05, 0) is 31.2 Å². The molecule has 0 saturated heterocycles. The lowest BCUT2D eigenvalue weighted by atomic mass is 9.78. The second-order valence-electron chi connectivity index (χ2n) is 4.93. The van der Waals surface area contributed by atoms with Crippen molar-refractivity contribution in [2.24, 2.45) is 5.92 Å². The van der Waals surface area contributed by atoms with Crippen LogP contribution in [0.1, 0.15) is 43.9 Å². The molecule has 1 N–H and O–H groups in total. The zero-order valence-corrected chi connectivity index (χ0v) is 9.38. The van der Waals surface area contributed by atoms with E-state index in [9.17, 15) is 0 Å². The van der Waals surface area contributed by atoms with Crippen molar-refractivity contribution < 1.29 is 4.42 Å². The number of nitrogens with one attached hydrogen (secondary N) is 1. The molecule has 15 heavy (non-hydrogen) atoms. The minimum Gasteiger partial charge on any atom is -0.469 e. The quantitative estimate of drug-likeness (QED) is 0.820. The fraction of sp³-hybridized carbons (Fsp3) is 0.692. The van der Waals surface area contributed by atoms with Gasteiger partial charge in [0, 0.05) is 24.1 Å². The molecule has 1 aromatic heterocycles. The predicted molar refractivity (Wildman–Crippen MR) is 59.7 cm³/mol. The van der Waals surface area contributed by atoms with Gasteiger partial charge in [0.2, 0.25) is 0 Å². The summed E-state index contributed by atoms with van der Waals surface area (Å²) in [5, 5.41) is 3.78. The molecule has 1 saturated carbocycles. The molecular weight excluding hydrogens is 186 g/mol. The van der Waals surface area contributed by atoms with E-state index in [1.165, 1.54) is 37.0 Å². The Morgan fingerprint density at radius 2 is 2.40 bits per heavy atom. The van der Waals surface area contributed by atoms with Crippen LogP contribution in [0.5, 0.6) is 0 Å². The first-order valence-corrected chi connectivity index (χ1v) is 6.18. The van der Waals surface area contributed by atoms with Crippen LogP contribution in [0, 0.1) is 5.92 Å². The van der Waals surface area contributed by atoms with Crippen LogP contribution in [-0.4, -0.2) is 6.54 Å². The predicted octanol–water partition coefficient (Wildman–Crippen LogP) is 2.83. The third-order valence-electron chi connectivity index (χ3n) is 3.94. The Balaban J connectivity index is 2.02. The zero-order chi connectivity index (χ0) is 10.3. The Hall–Kier alpha value is -0.760. The largest absolute Gasteiger partial charge is 0.469 e. The van der Waals surface area contributed by atoms with Gasteiger partial charge in [0.1, 0.15) is 5.76 Å². The normalized spacial score (nSPS) is 30.2. The van der Waals surface area contributed by atoms with Crippen LogP contribution in [0.4, 0.5) is 0 Å². The number of rotatable bonds is 3. The van der Waals surface area contributed by atoms with Gasteiger partial charge in [-0.3, -0.25) is 0 Å². The van der Waals surface area contributed by atoms with Crippen molar-refractivity contribution in [2.45, 2.75) is 44.6 Å². The third-order valence-corrected chi connectivity index (χ3v) is 3.94. The van der Waals surface area contributed by atoms with Crippen molar-refractivity contribution in [1.29, 1.82) is 0 Å². The van der Waals surface area contributed by atoms with Gasteiger partial charge in [-0.1, -0.05) is 13.3 Å². The van der Waals surface area contributed by atoms with Crippen LogP contribution in [0.3, 0.4) is 0 Å². The molecule has 1 fully saturated rings. The van der Waals surface area contributed by atoms with E-state index in [1.807, 2.05) is 6.26 Å². The van der Waals surface area contributed by atoms with Crippen molar-refractivity contribution in [2.75, 3.05) is 6.54 Å². The molecule has 0 amide bonds. The molecule has 1 atom stereocenters. The maximum atomic E-state index is 5.60. The van der Waals surface area contributed by atoms with Gasteiger partial charge in [0.15, 0.2) is 0 Å². The van der Waals surface area contributed by atoms with Gasteiger partial charge in [-0.25, -0.2) is 0 Å². The highest BCUT2D eigenvalue weighted by Crippen LogP contribution is 2.50. The molecule has 0 aromatic carbocycles. The van der Waals surface area contributed by atoms with E-state index in [0.29, 0.717) is 0 Å². The first-order valence-electron chi connectivity index (χ1n) is 6.18. The van der Waals surface area contributed by atoms with Crippen molar-refractivity contribution in [3.8, 4) is 0 Å². The van der Waals surface area contributed by atoms with Gasteiger partial charge in [-0.2, -0.15) is 0 Å². The summed E-state index contributed by atoms with van der Waals surface area (Å²) in [6.45, 7) is 3.36. The van der Waals surface area contributed by atoms with Crippen LogP contribution < -0.4 is 5.32 Å². The average Bonchev–Trinajstić information content (AvgIpc) is 2.98. The van der Waals surface area contributed by atoms with Crippen molar-refractivity contribution in [1.82, 2.24) is 5.32 Å². The van der Waals surface area contributed by atoms with Crippen molar-refractivity contribution >= 4 is 0 Å². The van der Waals surface area contributed by atoms with E-state index in [2.05, 4.69) is 18.3 Å². The summed E-state index contributed by atoms with van der Waals surface area (Å²) in [5.74, 6) is 2.09. The fourth-order valence-electron chi connectivity index (χ4n) is 3.19. The molecule has 1 unspecified atom stereocenters. The molecule has 2 nitrogen and oxygen atoms in total. The molecule has 0 spiro atoms. The Labute approximate surface area is 91.0 Å². The maximum absolute atomic E-state index is 5.60. The molecule has 82 valence electrons. The second-order valence-corrected chi connectivity index (χ2v) is 4.93. The Bertz CT molecular complexity index is 353. The molecule has 2 aliphatic rings. The van der Waals surface area contributed by atoms with E-state index in [-0.39, 0.29) is 5.54 Å². The van der Waals surface area contributed by atoms with Crippen molar-refractivity contribution in [3.05, 3.63) is 23.7 Å². The monoisotopic (exact) mass is 205 g/mol. The summed E-state index contributed by atoms with van der Waals surface area (Å²) in [6.07, 6.45) is 8.19. The molecule has 0 bridgehead atoms. The standard InChI is InChI=1S/C13H19NO/c1-2-7-13(10-3-4-10)11-6-9-15-12(11)5-8-14-13/h6,9-10,14H,2-5,7-8H2,1H3. The topological polar surface area (TPSA) is 25.2 Å². The fourth-order valence-corrected chi connectivity index (χ4v) is 3.19. The minimum absolute atomic E-state index is 0.259. The SMILES string of the molecule is CCCC1(C2CC2)NCCc2occc21. The lowest BCUT2D eigenvalue weighted by molar-refractivity contribution is 0.239. The lowest BCUT2D eigenvalue weighted by Gasteiger charge is -2.38. The summed E-state index contributed by atoms with van der Waals surface area (Å²) >= 11 is 0. The molecule has 2 heterocycles. The summed E-state index contributed by atoms with van der Waals surface area (Å²) < 4.78 is 5.60. The third kappa shape index (κ3) is 1.35. The van der Waals surface area contributed by atoms with E-state index in [0.717, 1.165) is 18.9 Å². The van der Waals surface area contributed by atoms with E-state index < -0.39 is 0 Å². The number of hydrogen-bond acceptors (Lipinski definition) is 2. The first-order chi connectivity index (χ1) is 7.37. The molecule has 2 heteroatoms. The van der Waals surface area contributed by atoms with E-state index in [4.69, 9.17) is 4.42 Å². The van der Waals surface area contributed by atoms with Gasteiger partial charge in [0.05, 0.1) is 6.26 Å². The highest BCUT2D eigenvalue weighted by molar-refractivity contribution is 5.32. The second kappa shape index (κ2) is 3.38. The van der Waals surface area contributed by atoms with Crippen LogP contribution in [0.15, 0.2) is 16.7 Å². The van der Waals surface area contributed by atoms with E-state index in [1.54, 1.807) is 0 Å². The number of furan rings is 1. The van der Waals surface area contributed by atoms with Crippen molar-refractivity contribution in [3.63, 3.8) is 0 Å². The van der Waals surface area contributed by atoms with Gasteiger partial charge in [0.25, 0.3) is 0 Å². The highest BCUT2D eigenvalue weighted by Gasteiger charge is 2.48. The number of fused-ring (bicyclic) bond motifs is 1. The minimum atomic E-state index is 0.259. The molecular formula is C13H19NO. The first kappa shape index (κ1) is 9.46. The summed E-state index contributed by atoms with van der Waals surface area (Å²) in [7, 11) is 0. The highest BCUT2D eigenvalue weighted by atomic mass is 16.3. The summed E-state index contributed by atoms with van der Waals surface area (Å²) in [6, 6.07) is 2.19. The molecule has 3 rings (SSSR count). The molecule has 1 aromatic rings. The Kier molecular flexibility index (Phi) is 2.13. The van der Waals surface area contributed by atoms with Gasteiger partial charge >= 0.3 is 0 Å². The van der Waals surface area contributed by atoms with E-state index >= 15 is 0 Å². The van der Waals surface area contributed by atoms with Crippen LogP contribution in [0.2, 0.25) is 0 Å².